The molecule has 9 nitrogen and oxygen atoms in total. The Labute approximate surface area is 222 Å². The van der Waals surface area contributed by atoms with E-state index in [9.17, 15) is 33.7 Å². The number of hydrogen-bond donors (Lipinski definition) is 3. The lowest BCUT2D eigenvalue weighted by atomic mass is 9.76. The highest BCUT2D eigenvalue weighted by Gasteiger charge is 2.43. The van der Waals surface area contributed by atoms with E-state index in [1.807, 2.05) is 12.1 Å². The summed E-state index contributed by atoms with van der Waals surface area (Å²) in [5, 5.41) is 31.6. The lowest BCUT2D eigenvalue weighted by molar-refractivity contribution is -0.131. The van der Waals surface area contributed by atoms with Gasteiger partial charge in [-0.2, -0.15) is 5.26 Å². The zero-order valence-electron chi connectivity index (χ0n) is 21.8. The van der Waals surface area contributed by atoms with Crippen LogP contribution in [0.15, 0.2) is 42.0 Å². The van der Waals surface area contributed by atoms with Crippen molar-refractivity contribution in [2.75, 3.05) is 26.2 Å². The first kappa shape index (κ1) is 29.5. The summed E-state index contributed by atoms with van der Waals surface area (Å²) in [7, 11) is -1.81. The third kappa shape index (κ3) is 8.00. The van der Waals surface area contributed by atoms with Crippen molar-refractivity contribution in [2.24, 2.45) is 0 Å². The van der Waals surface area contributed by atoms with Crippen LogP contribution in [0.25, 0.3) is 0 Å². The number of nitrogens with one attached hydrogen (secondary N) is 1. The molecule has 1 aromatic carbocycles. The zero-order chi connectivity index (χ0) is 27.9. The average Bonchev–Trinajstić information content (AvgIpc) is 3.26. The molecule has 2 atom stereocenters. The molecule has 2 fully saturated rings. The lowest BCUT2D eigenvalue weighted by Crippen LogP contribution is -2.50. The number of halogens is 2. The number of alkyl halides is 2. The van der Waals surface area contributed by atoms with Gasteiger partial charge in [-0.25, -0.2) is 13.6 Å². The van der Waals surface area contributed by atoms with E-state index in [1.165, 1.54) is 11.0 Å². The Morgan fingerprint density at radius 3 is 2.61 bits per heavy atom. The molecule has 2 saturated heterocycles. The van der Waals surface area contributed by atoms with Crippen LogP contribution < -0.4 is 5.32 Å². The minimum absolute atomic E-state index is 0.141. The van der Waals surface area contributed by atoms with Crippen LogP contribution in [0.5, 0.6) is 0 Å². The molecule has 2 aliphatic rings. The first-order chi connectivity index (χ1) is 17.9. The fraction of sp³-hybridized carbons (Fsp3) is 0.577. The van der Waals surface area contributed by atoms with Crippen LogP contribution in [0.2, 0.25) is 0 Å². The summed E-state index contributed by atoms with van der Waals surface area (Å²) in [6, 6.07) is 10.5. The highest BCUT2D eigenvalue weighted by Crippen LogP contribution is 2.33. The van der Waals surface area contributed by atoms with Gasteiger partial charge >= 0.3 is 13.2 Å². The van der Waals surface area contributed by atoms with Gasteiger partial charge in [0.05, 0.1) is 18.5 Å². The summed E-state index contributed by atoms with van der Waals surface area (Å²) in [4.78, 5) is 28.8. The molecule has 0 aliphatic carbocycles. The fourth-order valence-corrected chi connectivity index (χ4v) is 4.87. The Kier molecular flexibility index (Phi) is 9.87. The smallest absolute Gasteiger partial charge is 0.447 e. The van der Waals surface area contributed by atoms with Crippen LogP contribution in [0.3, 0.4) is 0 Å². The van der Waals surface area contributed by atoms with Gasteiger partial charge in [0.25, 0.3) is 11.8 Å². The predicted octanol–water partition coefficient (Wildman–Crippen LogP) is 2.29. The van der Waals surface area contributed by atoms with Gasteiger partial charge in [-0.3, -0.25) is 9.69 Å². The average molecular weight is 532 g/mol. The summed E-state index contributed by atoms with van der Waals surface area (Å²) in [5.74, 6) is -4.33. The van der Waals surface area contributed by atoms with Crippen molar-refractivity contribution < 1.29 is 33.2 Å². The second kappa shape index (κ2) is 12.7. The molecule has 1 unspecified atom stereocenters. The molecule has 12 heteroatoms. The van der Waals surface area contributed by atoms with E-state index >= 15 is 0 Å². The Bertz CT molecular complexity index is 1050. The van der Waals surface area contributed by atoms with Crippen LogP contribution >= 0.6 is 0 Å². The number of alkyl carbamates (subject to hydrolysis) is 1. The topological polar surface area (TPSA) is 126 Å². The van der Waals surface area contributed by atoms with Gasteiger partial charge in [-0.15, -0.1) is 0 Å². The van der Waals surface area contributed by atoms with Crippen molar-refractivity contribution in [3.05, 3.63) is 47.5 Å². The first-order valence-corrected chi connectivity index (χ1v) is 12.8. The number of likely N-dealkylation sites (tertiary alicyclic amines) is 2. The summed E-state index contributed by atoms with van der Waals surface area (Å²) in [6.07, 6.45) is 2.55. The number of rotatable bonds is 9. The largest absolute Gasteiger partial charge is 0.475 e. The maximum Gasteiger partial charge on any atom is 0.475 e. The molecular formula is C26H35BF2N4O5. The number of piperidine rings is 1. The fourth-order valence-electron chi connectivity index (χ4n) is 4.87. The third-order valence-electron chi connectivity index (χ3n) is 7.09. The second-order valence-electron chi connectivity index (χ2n) is 10.5. The van der Waals surface area contributed by atoms with Gasteiger partial charge in [0.2, 0.25) is 0 Å². The van der Waals surface area contributed by atoms with Crippen molar-refractivity contribution >= 4 is 19.1 Å². The summed E-state index contributed by atoms with van der Waals surface area (Å²) in [5.41, 5.74) is -0.277. The van der Waals surface area contributed by atoms with E-state index in [4.69, 9.17) is 4.74 Å². The van der Waals surface area contributed by atoms with Gasteiger partial charge in [0, 0.05) is 25.0 Å². The summed E-state index contributed by atoms with van der Waals surface area (Å²) in [6.45, 7) is 3.33. The number of carbonyl (C=O) groups excluding carboxylic acids is 2. The lowest BCUT2D eigenvalue weighted by Gasteiger charge is -2.36. The number of nitriles is 1. The highest BCUT2D eigenvalue weighted by molar-refractivity contribution is 6.43. The van der Waals surface area contributed by atoms with Gasteiger partial charge in [-0.05, 0) is 51.2 Å². The first-order valence-electron chi connectivity index (χ1n) is 12.8. The van der Waals surface area contributed by atoms with Crippen molar-refractivity contribution in [1.82, 2.24) is 15.1 Å². The molecular weight excluding hydrogens is 497 g/mol. The number of benzene rings is 1. The van der Waals surface area contributed by atoms with Crippen LogP contribution in [-0.2, 0) is 16.0 Å². The van der Waals surface area contributed by atoms with Gasteiger partial charge in [-0.1, -0.05) is 30.3 Å². The number of carbonyl (C=O) groups is 2. The molecule has 2 heterocycles. The highest BCUT2D eigenvalue weighted by atomic mass is 19.3. The minimum Gasteiger partial charge on any atom is -0.447 e. The molecule has 0 spiro atoms. The molecule has 0 aromatic heterocycles. The van der Waals surface area contributed by atoms with Crippen LogP contribution in [0.4, 0.5) is 13.6 Å². The number of hydrogen-bond acceptors (Lipinski definition) is 7. The predicted molar refractivity (Wildman–Crippen MR) is 137 cm³/mol. The maximum absolute atomic E-state index is 13.8. The number of nitrogens with zero attached hydrogens (tertiary/aromatic N) is 3. The molecule has 3 rings (SSSR count). The molecule has 0 bridgehead atoms. The monoisotopic (exact) mass is 532 g/mol. The van der Waals surface area contributed by atoms with E-state index in [2.05, 4.69) is 5.32 Å². The SMILES string of the molecule is CC(C)(/C=C(/C#N)C(=O)N1CCCC[C@@H]1COC(=O)NC(Cc1ccccc1)B(O)O)N1CCC(F)(F)C1. The molecule has 0 radical (unpaired) electrons. The summed E-state index contributed by atoms with van der Waals surface area (Å²) < 4.78 is 32.8. The Hall–Kier alpha value is -3.01. The van der Waals surface area contributed by atoms with E-state index in [0.717, 1.165) is 12.0 Å². The Balaban J connectivity index is 1.63. The van der Waals surface area contributed by atoms with Gasteiger partial charge in [0.1, 0.15) is 18.2 Å². The second-order valence-corrected chi connectivity index (χ2v) is 10.5. The third-order valence-corrected chi connectivity index (χ3v) is 7.09. The van der Waals surface area contributed by atoms with E-state index in [1.54, 1.807) is 43.0 Å². The standard InChI is InChI=1S/C26H35BF2N4O5/c1-25(2,32-13-11-26(28,29)18-32)15-20(16-30)23(34)33-12-7-6-10-21(33)17-38-24(35)31-22(27(36)37)14-19-8-4-3-5-9-19/h3-5,8-9,15,21-22,36-37H,6-7,10-14,17-18H2,1-2H3,(H,31,35)/b20-15-/t21-,22?/m1/s1. The van der Waals surface area contributed by atoms with Crippen molar-refractivity contribution in [3.8, 4) is 6.07 Å². The van der Waals surface area contributed by atoms with Gasteiger partial charge in [0.15, 0.2) is 0 Å². The van der Waals surface area contributed by atoms with Crippen LogP contribution in [0, 0.1) is 11.3 Å². The van der Waals surface area contributed by atoms with Gasteiger partial charge < -0.3 is 25.0 Å². The Morgan fingerprint density at radius 1 is 1.29 bits per heavy atom. The van der Waals surface area contributed by atoms with Crippen LogP contribution in [-0.4, -0.2) is 88.7 Å². The molecule has 38 heavy (non-hydrogen) atoms. The van der Waals surface area contributed by atoms with E-state index in [0.29, 0.717) is 19.4 Å². The number of ether oxygens (including phenoxy) is 1. The zero-order valence-corrected chi connectivity index (χ0v) is 21.8. The minimum atomic E-state index is -2.80. The molecule has 3 N–H and O–H groups in total. The molecule has 2 amide bonds. The van der Waals surface area contributed by atoms with Crippen molar-refractivity contribution in [3.63, 3.8) is 0 Å². The normalized spacial score (nSPS) is 20.9. The van der Waals surface area contributed by atoms with Crippen molar-refractivity contribution in [2.45, 2.75) is 69.4 Å². The summed E-state index contributed by atoms with van der Waals surface area (Å²) >= 11 is 0. The van der Waals surface area contributed by atoms with Crippen molar-refractivity contribution in [1.29, 1.82) is 5.26 Å². The number of amides is 2. The van der Waals surface area contributed by atoms with E-state index < -0.39 is 49.1 Å². The molecule has 206 valence electrons. The Morgan fingerprint density at radius 2 is 2.00 bits per heavy atom. The quantitative estimate of drug-likeness (QED) is 0.253. The molecule has 2 aliphatic heterocycles. The molecule has 0 saturated carbocycles. The van der Waals surface area contributed by atoms with E-state index in [-0.39, 0.29) is 31.6 Å². The molecule has 1 aromatic rings. The van der Waals surface area contributed by atoms with Crippen LogP contribution in [0.1, 0.15) is 45.1 Å². The maximum atomic E-state index is 13.8.